The van der Waals surface area contributed by atoms with Crippen molar-refractivity contribution in [3.8, 4) is 0 Å². The van der Waals surface area contributed by atoms with Crippen LogP contribution in [0.3, 0.4) is 0 Å². The average molecular weight is 193 g/mol. The fraction of sp³-hybridized carbons (Fsp3) is 1.00. The normalized spacial score (nSPS) is 33.2. The molecule has 1 rings (SSSR count). The van der Waals surface area contributed by atoms with E-state index in [0.717, 1.165) is 26.1 Å². The summed E-state index contributed by atoms with van der Waals surface area (Å²) in [6, 6.07) is 0. The number of hydrogen-bond donors (Lipinski definition) is 0. The highest BCUT2D eigenvalue weighted by Crippen LogP contribution is 2.24. The molecule has 3 unspecified atom stereocenters. The molecule has 1 aliphatic heterocycles. The van der Waals surface area contributed by atoms with Crippen LogP contribution in [0.4, 0.5) is 0 Å². The van der Waals surface area contributed by atoms with E-state index in [4.69, 9.17) is 21.1 Å². The Kier molecular flexibility index (Phi) is 4.33. The van der Waals surface area contributed by atoms with Gasteiger partial charge in [-0.1, -0.05) is 0 Å². The number of halogens is 1. The molecule has 0 spiro atoms. The van der Waals surface area contributed by atoms with Crippen LogP contribution in [-0.4, -0.2) is 31.8 Å². The summed E-state index contributed by atoms with van der Waals surface area (Å²) in [6.07, 6.45) is 2.27. The Morgan fingerprint density at radius 1 is 1.67 bits per heavy atom. The van der Waals surface area contributed by atoms with Crippen LogP contribution in [0.25, 0.3) is 0 Å². The van der Waals surface area contributed by atoms with Crippen molar-refractivity contribution in [2.75, 3.05) is 20.3 Å². The van der Waals surface area contributed by atoms with Gasteiger partial charge in [-0.2, -0.15) is 0 Å². The van der Waals surface area contributed by atoms with Crippen LogP contribution >= 0.6 is 11.6 Å². The van der Waals surface area contributed by atoms with Crippen molar-refractivity contribution in [3.05, 3.63) is 0 Å². The van der Waals surface area contributed by atoms with E-state index in [1.165, 1.54) is 0 Å². The number of hydrogen-bond acceptors (Lipinski definition) is 2. The maximum absolute atomic E-state index is 6.15. The lowest BCUT2D eigenvalue weighted by molar-refractivity contribution is 0.0238. The SMILES string of the molecule is COC(C)CC1COCCC1Cl. The molecule has 72 valence electrons. The molecule has 0 aromatic carbocycles. The fourth-order valence-corrected chi connectivity index (χ4v) is 1.77. The summed E-state index contributed by atoms with van der Waals surface area (Å²) < 4.78 is 10.5. The van der Waals surface area contributed by atoms with E-state index in [1.807, 2.05) is 0 Å². The zero-order valence-electron chi connectivity index (χ0n) is 7.75. The second kappa shape index (κ2) is 5.05. The molecular weight excluding hydrogens is 176 g/mol. The number of methoxy groups -OCH3 is 1. The standard InChI is InChI=1S/C9H17ClO2/c1-7(11-2)5-8-6-12-4-3-9(8)10/h7-9H,3-6H2,1-2H3. The number of rotatable bonds is 3. The molecule has 0 aromatic heterocycles. The Morgan fingerprint density at radius 3 is 3.00 bits per heavy atom. The minimum atomic E-state index is 0.274. The molecule has 3 heteroatoms. The smallest absolute Gasteiger partial charge is 0.0547 e. The van der Waals surface area contributed by atoms with Gasteiger partial charge in [0.1, 0.15) is 0 Å². The molecule has 0 N–H and O–H groups in total. The van der Waals surface area contributed by atoms with Crippen molar-refractivity contribution in [1.82, 2.24) is 0 Å². The molecule has 0 aliphatic carbocycles. The van der Waals surface area contributed by atoms with Gasteiger partial charge in [0.25, 0.3) is 0 Å². The molecular formula is C9H17ClO2. The highest BCUT2D eigenvalue weighted by Gasteiger charge is 2.25. The molecule has 0 amide bonds. The molecule has 1 heterocycles. The van der Waals surface area contributed by atoms with Crippen molar-refractivity contribution >= 4 is 11.6 Å². The molecule has 0 aromatic rings. The van der Waals surface area contributed by atoms with E-state index < -0.39 is 0 Å². The molecule has 3 atom stereocenters. The molecule has 2 nitrogen and oxygen atoms in total. The zero-order valence-corrected chi connectivity index (χ0v) is 8.51. The van der Waals surface area contributed by atoms with E-state index in [-0.39, 0.29) is 11.5 Å². The molecule has 0 radical (unpaired) electrons. The predicted molar refractivity (Wildman–Crippen MR) is 49.7 cm³/mol. The first-order valence-corrected chi connectivity index (χ1v) is 4.92. The third-order valence-corrected chi connectivity index (χ3v) is 2.99. The van der Waals surface area contributed by atoms with Gasteiger partial charge < -0.3 is 9.47 Å². The van der Waals surface area contributed by atoms with Crippen LogP contribution in [0.1, 0.15) is 19.8 Å². The summed E-state index contributed by atoms with van der Waals surface area (Å²) in [6.45, 7) is 3.67. The quantitative estimate of drug-likeness (QED) is 0.638. The highest BCUT2D eigenvalue weighted by molar-refractivity contribution is 6.20. The molecule has 0 bridgehead atoms. The second-order valence-corrected chi connectivity index (χ2v) is 3.98. The van der Waals surface area contributed by atoms with Gasteiger partial charge in [0.05, 0.1) is 12.7 Å². The van der Waals surface area contributed by atoms with Gasteiger partial charge in [-0.3, -0.25) is 0 Å². The van der Waals surface area contributed by atoms with Crippen molar-refractivity contribution < 1.29 is 9.47 Å². The van der Waals surface area contributed by atoms with Gasteiger partial charge in [0.15, 0.2) is 0 Å². The Bertz CT molecular complexity index is 130. The van der Waals surface area contributed by atoms with Gasteiger partial charge in [-0.25, -0.2) is 0 Å². The third-order valence-electron chi connectivity index (χ3n) is 2.42. The average Bonchev–Trinajstić information content (AvgIpc) is 2.09. The topological polar surface area (TPSA) is 18.5 Å². The Morgan fingerprint density at radius 2 is 2.42 bits per heavy atom. The van der Waals surface area contributed by atoms with Crippen LogP contribution in [-0.2, 0) is 9.47 Å². The Labute approximate surface area is 79.2 Å². The molecule has 1 fully saturated rings. The van der Waals surface area contributed by atoms with Gasteiger partial charge in [0.2, 0.25) is 0 Å². The molecule has 1 saturated heterocycles. The summed E-state index contributed by atoms with van der Waals surface area (Å²) in [5.41, 5.74) is 0. The maximum atomic E-state index is 6.15. The maximum Gasteiger partial charge on any atom is 0.0547 e. The first-order valence-electron chi connectivity index (χ1n) is 4.48. The van der Waals surface area contributed by atoms with Gasteiger partial charge >= 0.3 is 0 Å². The van der Waals surface area contributed by atoms with E-state index in [9.17, 15) is 0 Å². The lowest BCUT2D eigenvalue weighted by Crippen LogP contribution is -2.30. The van der Waals surface area contributed by atoms with Crippen LogP contribution in [0.5, 0.6) is 0 Å². The van der Waals surface area contributed by atoms with Gasteiger partial charge in [-0.15, -0.1) is 11.6 Å². The van der Waals surface area contributed by atoms with E-state index in [2.05, 4.69) is 6.92 Å². The Hall–Kier alpha value is 0.210. The first kappa shape index (κ1) is 10.3. The highest BCUT2D eigenvalue weighted by atomic mass is 35.5. The van der Waals surface area contributed by atoms with E-state index >= 15 is 0 Å². The molecule has 1 aliphatic rings. The summed E-state index contributed by atoms with van der Waals surface area (Å²) in [5, 5.41) is 0.274. The summed E-state index contributed by atoms with van der Waals surface area (Å²) in [4.78, 5) is 0. The van der Waals surface area contributed by atoms with E-state index in [1.54, 1.807) is 7.11 Å². The minimum Gasteiger partial charge on any atom is -0.382 e. The predicted octanol–water partition coefficient (Wildman–Crippen LogP) is 2.06. The largest absolute Gasteiger partial charge is 0.382 e. The number of ether oxygens (including phenoxy) is 2. The minimum absolute atomic E-state index is 0.274. The van der Waals surface area contributed by atoms with Gasteiger partial charge in [-0.05, 0) is 19.8 Å². The number of alkyl halides is 1. The van der Waals surface area contributed by atoms with Crippen LogP contribution in [0.15, 0.2) is 0 Å². The van der Waals surface area contributed by atoms with Crippen molar-refractivity contribution in [2.24, 2.45) is 5.92 Å². The second-order valence-electron chi connectivity index (χ2n) is 3.42. The lowest BCUT2D eigenvalue weighted by atomic mass is 9.95. The first-order chi connectivity index (χ1) is 5.74. The molecule has 12 heavy (non-hydrogen) atoms. The van der Waals surface area contributed by atoms with Crippen LogP contribution in [0.2, 0.25) is 0 Å². The lowest BCUT2D eigenvalue weighted by Gasteiger charge is -2.28. The van der Waals surface area contributed by atoms with Crippen molar-refractivity contribution in [2.45, 2.75) is 31.2 Å². The summed E-state index contributed by atoms with van der Waals surface area (Å²) >= 11 is 6.15. The van der Waals surface area contributed by atoms with Crippen molar-refractivity contribution in [3.63, 3.8) is 0 Å². The fourth-order valence-electron chi connectivity index (χ4n) is 1.51. The summed E-state index contributed by atoms with van der Waals surface area (Å²) in [7, 11) is 1.73. The van der Waals surface area contributed by atoms with Crippen LogP contribution in [0, 0.1) is 5.92 Å². The zero-order chi connectivity index (χ0) is 8.97. The third kappa shape index (κ3) is 2.92. The monoisotopic (exact) mass is 192 g/mol. The van der Waals surface area contributed by atoms with Crippen molar-refractivity contribution in [1.29, 1.82) is 0 Å². The van der Waals surface area contributed by atoms with Gasteiger partial charge in [0, 0.05) is 25.0 Å². The van der Waals surface area contributed by atoms with Crippen LogP contribution < -0.4 is 0 Å². The Balaban J connectivity index is 2.28. The molecule has 0 saturated carbocycles. The van der Waals surface area contributed by atoms with E-state index in [0.29, 0.717) is 5.92 Å². The summed E-state index contributed by atoms with van der Waals surface area (Å²) in [5.74, 6) is 0.468.